The molecule has 0 aliphatic rings. The fourth-order valence-corrected chi connectivity index (χ4v) is 1.19. The van der Waals surface area contributed by atoms with E-state index < -0.39 is 0 Å². The van der Waals surface area contributed by atoms with Crippen molar-refractivity contribution in [1.29, 1.82) is 0 Å². The Morgan fingerprint density at radius 2 is 2.24 bits per heavy atom. The van der Waals surface area contributed by atoms with Gasteiger partial charge >= 0.3 is 5.97 Å². The monoisotopic (exact) mass is 233 g/mol. The Balaban J connectivity index is 2.74. The Hall–Kier alpha value is -2.15. The lowest BCUT2D eigenvalue weighted by Gasteiger charge is -2.02. The fourth-order valence-electron chi connectivity index (χ4n) is 1.19. The largest absolute Gasteiger partial charge is 0.497 e. The lowest BCUT2D eigenvalue weighted by molar-refractivity contribution is -0.141. The molecular formula is C13H15NO3. The van der Waals surface area contributed by atoms with Gasteiger partial charge in [0.1, 0.15) is 12.2 Å². The third kappa shape index (κ3) is 4.07. The summed E-state index contributed by atoms with van der Waals surface area (Å²) in [6.45, 7) is 2.12. The normalized spacial score (nSPS) is 9.06. The van der Waals surface area contributed by atoms with E-state index in [0.717, 1.165) is 0 Å². The lowest BCUT2D eigenvalue weighted by Crippen LogP contribution is -2.01. The number of ether oxygens (including phenoxy) is 2. The van der Waals surface area contributed by atoms with Crippen molar-refractivity contribution >= 4 is 11.7 Å². The van der Waals surface area contributed by atoms with Gasteiger partial charge in [-0.2, -0.15) is 0 Å². The van der Waals surface area contributed by atoms with Crippen molar-refractivity contribution in [1.82, 2.24) is 0 Å². The van der Waals surface area contributed by atoms with Gasteiger partial charge in [0.15, 0.2) is 0 Å². The molecule has 0 aromatic heterocycles. The molecule has 90 valence electrons. The summed E-state index contributed by atoms with van der Waals surface area (Å²) < 4.78 is 9.82. The molecule has 0 spiro atoms. The smallest absolute Gasteiger partial charge is 0.317 e. The fraction of sp³-hybridized carbons (Fsp3) is 0.308. The highest BCUT2D eigenvalue weighted by molar-refractivity contribution is 5.73. The zero-order valence-electron chi connectivity index (χ0n) is 9.95. The van der Waals surface area contributed by atoms with Gasteiger partial charge in [0.05, 0.1) is 19.3 Å². The number of nitrogens with two attached hydrogens (primary N) is 1. The molecule has 0 aliphatic carbocycles. The summed E-state index contributed by atoms with van der Waals surface area (Å²) in [5, 5.41) is 0. The number of hydrogen-bond donors (Lipinski definition) is 1. The van der Waals surface area contributed by atoms with Crippen LogP contribution in [-0.4, -0.2) is 19.7 Å². The predicted octanol–water partition coefficient (Wildman–Crippen LogP) is 1.58. The van der Waals surface area contributed by atoms with E-state index in [2.05, 4.69) is 11.8 Å². The number of rotatable bonds is 3. The first-order valence-electron chi connectivity index (χ1n) is 5.25. The van der Waals surface area contributed by atoms with E-state index in [-0.39, 0.29) is 12.4 Å². The molecule has 4 nitrogen and oxygen atoms in total. The van der Waals surface area contributed by atoms with Gasteiger partial charge in [0.2, 0.25) is 0 Å². The van der Waals surface area contributed by atoms with E-state index in [1.54, 1.807) is 32.2 Å². The van der Waals surface area contributed by atoms with Gasteiger partial charge < -0.3 is 15.2 Å². The minimum atomic E-state index is -0.332. The number of carbonyl (C=O) groups excluding carboxylic acids is 1. The van der Waals surface area contributed by atoms with Gasteiger partial charge in [0.25, 0.3) is 0 Å². The third-order valence-corrected chi connectivity index (χ3v) is 2.02. The van der Waals surface area contributed by atoms with Crippen LogP contribution in [-0.2, 0) is 9.53 Å². The summed E-state index contributed by atoms with van der Waals surface area (Å²) in [5.74, 6) is 5.89. The van der Waals surface area contributed by atoms with Gasteiger partial charge in [-0.05, 0) is 25.1 Å². The molecule has 0 amide bonds. The van der Waals surface area contributed by atoms with Crippen molar-refractivity contribution in [2.24, 2.45) is 0 Å². The molecule has 0 bridgehead atoms. The highest BCUT2D eigenvalue weighted by Crippen LogP contribution is 2.18. The first-order valence-corrected chi connectivity index (χ1v) is 5.25. The van der Waals surface area contributed by atoms with E-state index in [4.69, 9.17) is 15.2 Å². The van der Waals surface area contributed by atoms with Gasteiger partial charge in [-0.15, -0.1) is 0 Å². The van der Waals surface area contributed by atoms with Gasteiger partial charge in [-0.25, -0.2) is 0 Å². The molecule has 0 fully saturated rings. The van der Waals surface area contributed by atoms with Crippen LogP contribution in [0.5, 0.6) is 5.75 Å². The van der Waals surface area contributed by atoms with Crippen molar-refractivity contribution in [3.8, 4) is 17.6 Å². The summed E-state index contributed by atoms with van der Waals surface area (Å²) in [6, 6.07) is 5.20. The van der Waals surface area contributed by atoms with Crippen LogP contribution in [0.1, 0.15) is 18.9 Å². The summed E-state index contributed by atoms with van der Waals surface area (Å²) >= 11 is 0. The number of carbonyl (C=O) groups is 1. The van der Waals surface area contributed by atoms with Crippen LogP contribution in [0.3, 0.4) is 0 Å². The van der Waals surface area contributed by atoms with Crippen molar-refractivity contribution in [3.05, 3.63) is 23.8 Å². The van der Waals surface area contributed by atoms with Crippen LogP contribution in [0.25, 0.3) is 0 Å². The molecule has 4 heteroatoms. The Kier molecular flexibility index (Phi) is 4.89. The summed E-state index contributed by atoms with van der Waals surface area (Å²) in [7, 11) is 1.57. The van der Waals surface area contributed by atoms with Crippen molar-refractivity contribution in [3.63, 3.8) is 0 Å². The first kappa shape index (κ1) is 12.9. The van der Waals surface area contributed by atoms with Gasteiger partial charge in [-0.3, -0.25) is 4.79 Å². The van der Waals surface area contributed by atoms with Crippen LogP contribution in [0, 0.1) is 11.8 Å². The van der Waals surface area contributed by atoms with Gasteiger partial charge in [0, 0.05) is 5.69 Å². The van der Waals surface area contributed by atoms with E-state index in [1.807, 2.05) is 0 Å². The molecule has 0 radical (unpaired) electrons. The molecule has 0 saturated carbocycles. The Labute approximate surface area is 101 Å². The molecule has 2 N–H and O–H groups in total. The number of methoxy groups -OCH3 is 1. The first-order chi connectivity index (χ1) is 8.17. The molecule has 17 heavy (non-hydrogen) atoms. The number of nitrogen functional groups attached to an aromatic ring is 1. The Morgan fingerprint density at radius 3 is 2.88 bits per heavy atom. The number of esters is 1. The second kappa shape index (κ2) is 6.44. The molecule has 0 atom stereocenters. The van der Waals surface area contributed by atoms with E-state index in [9.17, 15) is 4.79 Å². The zero-order chi connectivity index (χ0) is 12.7. The minimum Gasteiger partial charge on any atom is -0.497 e. The molecule has 0 unspecified atom stereocenters. The Bertz CT molecular complexity index is 457. The van der Waals surface area contributed by atoms with E-state index >= 15 is 0 Å². The average Bonchev–Trinajstić information content (AvgIpc) is 2.32. The van der Waals surface area contributed by atoms with Crippen molar-refractivity contribution < 1.29 is 14.3 Å². The third-order valence-electron chi connectivity index (χ3n) is 2.02. The summed E-state index contributed by atoms with van der Waals surface area (Å²) in [6.07, 6.45) is 0.0600. The van der Waals surface area contributed by atoms with E-state index in [1.165, 1.54) is 0 Å². The van der Waals surface area contributed by atoms with Crippen LogP contribution < -0.4 is 10.5 Å². The second-order valence-electron chi connectivity index (χ2n) is 3.24. The minimum absolute atomic E-state index is 0.0600. The molecule has 1 aromatic carbocycles. The van der Waals surface area contributed by atoms with Crippen LogP contribution >= 0.6 is 0 Å². The maximum atomic E-state index is 11.1. The van der Waals surface area contributed by atoms with Crippen molar-refractivity contribution in [2.75, 3.05) is 19.5 Å². The number of benzene rings is 1. The molecule has 1 aromatic rings. The van der Waals surface area contributed by atoms with Crippen LogP contribution in [0.4, 0.5) is 5.69 Å². The van der Waals surface area contributed by atoms with Gasteiger partial charge in [-0.1, -0.05) is 11.8 Å². The number of hydrogen-bond acceptors (Lipinski definition) is 4. The van der Waals surface area contributed by atoms with Crippen molar-refractivity contribution in [2.45, 2.75) is 13.3 Å². The highest BCUT2D eigenvalue weighted by atomic mass is 16.5. The molecule has 0 saturated heterocycles. The summed E-state index contributed by atoms with van der Waals surface area (Å²) in [4.78, 5) is 11.1. The quantitative estimate of drug-likeness (QED) is 0.489. The SMILES string of the molecule is CCOC(=O)CC#Cc1cc(OC)ccc1N. The van der Waals surface area contributed by atoms with Crippen LogP contribution in [0.2, 0.25) is 0 Å². The highest BCUT2D eigenvalue weighted by Gasteiger charge is 1.99. The van der Waals surface area contributed by atoms with Crippen LogP contribution in [0.15, 0.2) is 18.2 Å². The molecular weight excluding hydrogens is 218 g/mol. The molecule has 0 aliphatic heterocycles. The maximum Gasteiger partial charge on any atom is 0.317 e. The zero-order valence-corrected chi connectivity index (χ0v) is 9.95. The maximum absolute atomic E-state index is 11.1. The second-order valence-corrected chi connectivity index (χ2v) is 3.24. The predicted molar refractivity (Wildman–Crippen MR) is 65.5 cm³/mol. The average molecular weight is 233 g/mol. The molecule has 0 heterocycles. The Morgan fingerprint density at radius 1 is 1.47 bits per heavy atom. The lowest BCUT2D eigenvalue weighted by atomic mass is 10.1. The summed E-state index contributed by atoms with van der Waals surface area (Å²) in [5.41, 5.74) is 6.95. The molecule has 1 rings (SSSR count). The number of anilines is 1. The van der Waals surface area contributed by atoms with E-state index in [0.29, 0.717) is 23.6 Å². The topological polar surface area (TPSA) is 61.5 Å². The standard InChI is InChI=1S/C13H15NO3/c1-3-17-13(15)6-4-5-10-9-11(16-2)7-8-12(10)14/h7-9H,3,6,14H2,1-2H3.